The lowest BCUT2D eigenvalue weighted by Gasteiger charge is -2.25. The van der Waals surface area contributed by atoms with Gasteiger partial charge in [0.2, 0.25) is 6.10 Å². The van der Waals surface area contributed by atoms with Crippen molar-refractivity contribution in [2.24, 2.45) is 0 Å². The molecule has 0 saturated carbocycles. The monoisotopic (exact) mass is 427 g/mol. The third-order valence-corrected chi connectivity index (χ3v) is 6.14. The Morgan fingerprint density at radius 3 is 2.83 bits per heavy atom. The van der Waals surface area contributed by atoms with Crippen molar-refractivity contribution >= 4 is 29.3 Å². The minimum atomic E-state index is -0.681. The van der Waals surface area contributed by atoms with Gasteiger partial charge in [0.05, 0.1) is 17.9 Å². The Morgan fingerprint density at radius 1 is 1.21 bits per heavy atom. The summed E-state index contributed by atoms with van der Waals surface area (Å²) in [4.78, 5) is 17.5. The molecule has 5 rings (SSSR count). The van der Waals surface area contributed by atoms with Gasteiger partial charge in [0.1, 0.15) is 6.61 Å². The van der Waals surface area contributed by atoms with Gasteiger partial charge in [-0.2, -0.15) is 0 Å². The Kier molecular flexibility index (Phi) is 4.85. The fourth-order valence-electron chi connectivity index (χ4n) is 3.48. The number of ether oxygens (including phenoxy) is 2. The Hall–Kier alpha value is -2.64. The van der Waals surface area contributed by atoms with E-state index in [-0.39, 0.29) is 12.5 Å². The molecule has 0 saturated heterocycles. The molecule has 148 valence electrons. The van der Waals surface area contributed by atoms with E-state index in [9.17, 15) is 4.79 Å². The predicted molar refractivity (Wildman–Crippen MR) is 112 cm³/mol. The van der Waals surface area contributed by atoms with Crippen LogP contribution >= 0.6 is 23.4 Å². The van der Waals surface area contributed by atoms with Crippen LogP contribution in [0.4, 0.5) is 0 Å². The molecular weight excluding hydrogens is 410 g/mol. The number of imidazole rings is 1. The maximum atomic E-state index is 12.7. The number of aromatic nitrogens is 2. The molecule has 0 unspecified atom stereocenters. The lowest BCUT2D eigenvalue weighted by atomic mass is 10.1. The van der Waals surface area contributed by atoms with Crippen molar-refractivity contribution in [1.29, 1.82) is 0 Å². The van der Waals surface area contributed by atoms with Crippen LogP contribution in [-0.4, -0.2) is 33.9 Å². The fourth-order valence-corrected chi connectivity index (χ4v) is 4.58. The zero-order chi connectivity index (χ0) is 19.8. The number of benzene rings is 2. The van der Waals surface area contributed by atoms with Gasteiger partial charge >= 0.3 is 0 Å². The van der Waals surface area contributed by atoms with Gasteiger partial charge in [0.25, 0.3) is 5.91 Å². The second-order valence-electron chi connectivity index (χ2n) is 6.78. The summed E-state index contributed by atoms with van der Waals surface area (Å²) >= 11 is 7.75. The number of nitrogens with one attached hydrogen (secondary N) is 1. The molecule has 6 nitrogen and oxygen atoms in total. The molecule has 0 bridgehead atoms. The summed E-state index contributed by atoms with van der Waals surface area (Å²) in [5, 5.41) is 4.65. The van der Waals surface area contributed by atoms with Gasteiger partial charge < -0.3 is 19.4 Å². The van der Waals surface area contributed by atoms with Crippen LogP contribution in [0.15, 0.2) is 53.7 Å². The van der Waals surface area contributed by atoms with Gasteiger partial charge in [-0.25, -0.2) is 4.98 Å². The van der Waals surface area contributed by atoms with Crippen molar-refractivity contribution in [1.82, 2.24) is 14.9 Å². The third kappa shape index (κ3) is 3.56. The van der Waals surface area contributed by atoms with Crippen LogP contribution in [0.2, 0.25) is 5.02 Å². The average Bonchev–Trinajstić information content (AvgIpc) is 3.34. The molecule has 0 aliphatic carbocycles. The summed E-state index contributed by atoms with van der Waals surface area (Å²) in [5.74, 6) is 2.03. The summed E-state index contributed by atoms with van der Waals surface area (Å²) in [6, 6.07) is 15.0. The highest BCUT2D eigenvalue weighted by Gasteiger charge is 2.28. The Morgan fingerprint density at radius 2 is 2.00 bits per heavy atom. The van der Waals surface area contributed by atoms with E-state index in [1.165, 1.54) is 0 Å². The molecule has 0 spiro atoms. The van der Waals surface area contributed by atoms with Crippen LogP contribution in [0, 0.1) is 0 Å². The Balaban J connectivity index is 1.34. The maximum absolute atomic E-state index is 12.7. The highest BCUT2D eigenvalue weighted by atomic mass is 35.5. The van der Waals surface area contributed by atoms with Crippen LogP contribution in [0.25, 0.3) is 11.3 Å². The number of rotatable bonds is 4. The number of amides is 1. The molecule has 2 aromatic carbocycles. The number of nitrogens with zero attached hydrogens (tertiary/aromatic N) is 2. The van der Waals surface area contributed by atoms with E-state index in [1.807, 2.05) is 42.5 Å². The molecule has 2 aliphatic heterocycles. The van der Waals surface area contributed by atoms with Crippen LogP contribution in [-0.2, 0) is 17.9 Å². The molecule has 1 amide bonds. The van der Waals surface area contributed by atoms with Gasteiger partial charge in [-0.1, -0.05) is 47.6 Å². The van der Waals surface area contributed by atoms with E-state index in [2.05, 4.69) is 9.88 Å². The number of hydrogen-bond acceptors (Lipinski definition) is 5. The summed E-state index contributed by atoms with van der Waals surface area (Å²) in [7, 11) is 0. The maximum Gasteiger partial charge on any atom is 0.265 e. The summed E-state index contributed by atoms with van der Waals surface area (Å²) in [6.45, 7) is 1.43. The van der Waals surface area contributed by atoms with Gasteiger partial charge in [-0.05, 0) is 24.3 Å². The number of carbonyl (C=O) groups excluding carboxylic acids is 1. The lowest BCUT2D eigenvalue weighted by Crippen LogP contribution is -2.43. The van der Waals surface area contributed by atoms with Crippen LogP contribution in [0.1, 0.15) is 5.69 Å². The summed E-state index contributed by atoms with van der Waals surface area (Å²) < 4.78 is 13.6. The third-order valence-electron chi connectivity index (χ3n) is 4.93. The molecule has 0 fully saturated rings. The number of carbonyl (C=O) groups is 1. The zero-order valence-corrected chi connectivity index (χ0v) is 17.0. The Labute approximate surface area is 177 Å². The smallest absolute Gasteiger partial charge is 0.265 e. The molecule has 3 heterocycles. The first kappa shape index (κ1) is 18.4. The summed E-state index contributed by atoms with van der Waals surface area (Å²) in [6.07, 6.45) is -0.681. The quantitative estimate of drug-likeness (QED) is 0.686. The van der Waals surface area contributed by atoms with Crippen molar-refractivity contribution in [3.05, 3.63) is 59.2 Å². The van der Waals surface area contributed by atoms with Crippen molar-refractivity contribution in [2.75, 3.05) is 12.4 Å². The van der Waals surface area contributed by atoms with Crippen LogP contribution in [0.3, 0.4) is 0 Å². The van der Waals surface area contributed by atoms with E-state index >= 15 is 0 Å². The molecule has 1 aromatic heterocycles. The first-order valence-corrected chi connectivity index (χ1v) is 10.7. The average molecular weight is 428 g/mol. The van der Waals surface area contributed by atoms with E-state index < -0.39 is 6.10 Å². The van der Waals surface area contributed by atoms with Gasteiger partial charge in [0, 0.05) is 22.9 Å². The second-order valence-corrected chi connectivity index (χ2v) is 8.28. The number of halogens is 1. The van der Waals surface area contributed by atoms with Gasteiger partial charge in [0.15, 0.2) is 16.7 Å². The lowest BCUT2D eigenvalue weighted by molar-refractivity contribution is -0.130. The minimum Gasteiger partial charge on any atom is -0.485 e. The highest BCUT2D eigenvalue weighted by molar-refractivity contribution is 7.99. The molecule has 0 radical (unpaired) electrons. The van der Waals surface area contributed by atoms with E-state index in [0.717, 1.165) is 34.4 Å². The molecule has 29 heavy (non-hydrogen) atoms. The summed E-state index contributed by atoms with van der Waals surface area (Å²) in [5.41, 5.74) is 2.83. The van der Waals surface area contributed by atoms with Gasteiger partial charge in [-0.3, -0.25) is 4.79 Å². The van der Waals surface area contributed by atoms with E-state index in [1.54, 1.807) is 17.8 Å². The van der Waals surface area contributed by atoms with Crippen molar-refractivity contribution < 1.29 is 14.3 Å². The van der Waals surface area contributed by atoms with Gasteiger partial charge in [-0.15, -0.1) is 0 Å². The SMILES string of the molecule is O=C(NCc1c(-c2ccc(Cl)cc2)nc2n1CCS2)[C@@H]1COc2ccccc2O1. The topological polar surface area (TPSA) is 65.4 Å². The molecular formula is C21H18ClN3O3S. The molecule has 1 N–H and O–H groups in total. The zero-order valence-electron chi connectivity index (χ0n) is 15.4. The number of fused-ring (bicyclic) bond motifs is 2. The number of hydrogen-bond donors (Lipinski definition) is 1. The minimum absolute atomic E-state index is 0.188. The first-order chi connectivity index (χ1) is 14.2. The van der Waals surface area contributed by atoms with Crippen LogP contribution < -0.4 is 14.8 Å². The molecule has 1 atom stereocenters. The standard InChI is InChI=1S/C21H18ClN3O3S/c22-14-7-5-13(6-8-14)19-15(25-9-10-29-21(25)24-19)11-23-20(26)18-12-27-16-3-1-2-4-17(16)28-18/h1-8,18H,9-12H2,(H,23,26)/t18-/m0/s1. The Bertz CT molecular complexity index is 1070. The van der Waals surface area contributed by atoms with Crippen molar-refractivity contribution in [3.8, 4) is 22.8 Å². The predicted octanol–water partition coefficient (Wildman–Crippen LogP) is 3.77. The number of thioether (sulfide) groups is 1. The van der Waals surface area contributed by atoms with Crippen molar-refractivity contribution in [2.45, 2.75) is 24.3 Å². The normalized spacial score (nSPS) is 17.1. The first-order valence-electron chi connectivity index (χ1n) is 9.33. The van der Waals surface area contributed by atoms with Crippen molar-refractivity contribution in [3.63, 3.8) is 0 Å². The van der Waals surface area contributed by atoms with Crippen LogP contribution in [0.5, 0.6) is 11.5 Å². The largest absolute Gasteiger partial charge is 0.485 e. The fraction of sp³-hybridized carbons (Fsp3) is 0.238. The number of para-hydroxylation sites is 2. The molecule has 2 aliphatic rings. The molecule has 8 heteroatoms. The second kappa shape index (κ2) is 7.65. The van der Waals surface area contributed by atoms with E-state index in [4.69, 9.17) is 26.1 Å². The molecule has 3 aromatic rings. The highest BCUT2D eigenvalue weighted by Crippen LogP contribution is 2.34. The van der Waals surface area contributed by atoms with E-state index in [0.29, 0.717) is 23.1 Å².